The van der Waals surface area contributed by atoms with Crippen LogP contribution in [0.4, 0.5) is 11.5 Å². The Balaban J connectivity index is 1.49. The second-order valence-electron chi connectivity index (χ2n) is 10.9. The summed E-state index contributed by atoms with van der Waals surface area (Å²) in [6.45, 7) is 8.44. The van der Waals surface area contributed by atoms with E-state index in [9.17, 15) is 9.59 Å². The third kappa shape index (κ3) is 5.60. The largest absolute Gasteiger partial charge is 0.383 e. The Hall–Kier alpha value is -2.46. The fourth-order valence-corrected chi connectivity index (χ4v) is 5.95. The molecular weight excluding hydrogens is 448 g/mol. The highest BCUT2D eigenvalue weighted by atomic mass is 28.3. The first kappa shape index (κ1) is 24.7. The van der Waals surface area contributed by atoms with Gasteiger partial charge in [-0.25, -0.2) is 9.67 Å². The van der Waals surface area contributed by atoms with E-state index >= 15 is 0 Å². The molecule has 1 atom stereocenters. The van der Waals surface area contributed by atoms with Crippen LogP contribution in [0.3, 0.4) is 0 Å². The molecule has 186 valence electrons. The first-order chi connectivity index (χ1) is 16.2. The van der Waals surface area contributed by atoms with Gasteiger partial charge in [-0.15, -0.1) is 0 Å². The Labute approximate surface area is 202 Å². The molecule has 2 fully saturated rings. The van der Waals surface area contributed by atoms with Crippen LogP contribution in [0.1, 0.15) is 44.9 Å². The van der Waals surface area contributed by atoms with E-state index < -0.39 is 19.9 Å². The van der Waals surface area contributed by atoms with Gasteiger partial charge in [0.2, 0.25) is 0 Å². The lowest BCUT2D eigenvalue weighted by molar-refractivity contribution is -0.146. The van der Waals surface area contributed by atoms with Crippen molar-refractivity contribution in [3.63, 3.8) is 0 Å². The molecule has 10 heteroatoms. The smallest absolute Gasteiger partial charge is 0.314 e. The highest BCUT2D eigenvalue weighted by Crippen LogP contribution is 2.35. The number of piperidine rings is 1. The van der Waals surface area contributed by atoms with Gasteiger partial charge in [-0.2, -0.15) is 5.10 Å². The maximum Gasteiger partial charge on any atom is 0.314 e. The molecule has 34 heavy (non-hydrogen) atoms. The van der Waals surface area contributed by atoms with Gasteiger partial charge >= 0.3 is 11.8 Å². The maximum absolute atomic E-state index is 13.2. The van der Waals surface area contributed by atoms with Crippen LogP contribution in [0.5, 0.6) is 0 Å². The first-order valence-corrected chi connectivity index (χ1v) is 16.2. The number of amides is 2. The Morgan fingerprint density at radius 2 is 1.88 bits per heavy atom. The molecular formula is C24H38N6O3Si. The number of nitrogens with zero attached hydrogens (tertiary/aromatic N) is 4. The van der Waals surface area contributed by atoms with Crippen molar-refractivity contribution in [3.05, 3.63) is 12.4 Å². The Bertz CT molecular complexity index is 1030. The van der Waals surface area contributed by atoms with E-state index in [1.54, 1.807) is 10.9 Å². The Morgan fingerprint density at radius 3 is 2.62 bits per heavy atom. The number of carbonyl (C=O) groups is 2. The van der Waals surface area contributed by atoms with Crippen LogP contribution in [0.2, 0.25) is 25.7 Å². The molecule has 9 nitrogen and oxygen atoms in total. The number of nitrogen functional groups attached to an aromatic ring is 1. The quantitative estimate of drug-likeness (QED) is 0.349. The van der Waals surface area contributed by atoms with Crippen LogP contribution in [-0.2, 0) is 21.1 Å². The highest BCUT2D eigenvalue weighted by Gasteiger charge is 2.36. The molecule has 2 amide bonds. The molecule has 1 saturated heterocycles. The first-order valence-electron chi connectivity index (χ1n) is 12.5. The van der Waals surface area contributed by atoms with Crippen LogP contribution in [0.25, 0.3) is 10.9 Å². The summed E-state index contributed by atoms with van der Waals surface area (Å²) in [5.41, 5.74) is 7.10. The number of anilines is 2. The van der Waals surface area contributed by atoms with Crippen molar-refractivity contribution in [2.75, 3.05) is 24.2 Å². The maximum atomic E-state index is 13.2. The number of fused-ring (bicyclic) bond motifs is 1. The molecule has 2 aliphatic rings. The number of hydrogen-bond donors (Lipinski definition) is 2. The number of nitrogens with one attached hydrogen (secondary N) is 1. The number of nitrogens with two attached hydrogens (primary N) is 1. The minimum absolute atomic E-state index is 0.171. The minimum atomic E-state index is -1.20. The van der Waals surface area contributed by atoms with Crippen LogP contribution in [0.15, 0.2) is 12.4 Å². The van der Waals surface area contributed by atoms with Crippen LogP contribution in [-0.4, -0.2) is 58.7 Å². The molecule has 3 N–H and O–H groups in total. The number of ether oxygens (including phenoxy) is 1. The summed E-state index contributed by atoms with van der Waals surface area (Å²) in [6, 6.07) is 1.22. The van der Waals surface area contributed by atoms with Crippen LogP contribution >= 0.6 is 0 Å². The summed E-state index contributed by atoms with van der Waals surface area (Å²) >= 11 is 0. The lowest BCUT2D eigenvalue weighted by Gasteiger charge is -2.38. The average molecular weight is 487 g/mol. The summed E-state index contributed by atoms with van der Waals surface area (Å²) in [5, 5.41) is 7.82. The zero-order valence-corrected chi connectivity index (χ0v) is 21.7. The van der Waals surface area contributed by atoms with E-state index in [1.165, 1.54) is 19.0 Å². The number of aromatic nitrogens is 3. The van der Waals surface area contributed by atoms with Gasteiger partial charge in [0, 0.05) is 27.3 Å². The average Bonchev–Trinajstić information content (AvgIpc) is 3.48. The second-order valence-corrected chi connectivity index (χ2v) is 16.5. The van der Waals surface area contributed by atoms with Crippen molar-refractivity contribution in [1.29, 1.82) is 0 Å². The van der Waals surface area contributed by atoms with Gasteiger partial charge in [0.25, 0.3) is 0 Å². The van der Waals surface area contributed by atoms with Crippen molar-refractivity contribution in [3.8, 4) is 0 Å². The topological polar surface area (TPSA) is 115 Å². The fraction of sp³-hybridized carbons (Fsp3) is 0.667. The molecule has 4 rings (SSSR count). The molecule has 1 aliphatic heterocycles. The van der Waals surface area contributed by atoms with Crippen molar-refractivity contribution < 1.29 is 14.3 Å². The van der Waals surface area contributed by atoms with E-state index in [2.05, 4.69) is 35.0 Å². The molecule has 2 aromatic rings. The summed E-state index contributed by atoms with van der Waals surface area (Å²) < 4.78 is 7.53. The molecule has 0 aromatic carbocycles. The van der Waals surface area contributed by atoms with Gasteiger partial charge in [0.05, 0.1) is 29.0 Å². The summed E-state index contributed by atoms with van der Waals surface area (Å²) in [5.74, 6) is -0.258. The third-order valence-electron chi connectivity index (χ3n) is 7.11. The van der Waals surface area contributed by atoms with Crippen molar-refractivity contribution in [2.45, 2.75) is 83.4 Å². The van der Waals surface area contributed by atoms with E-state index in [-0.39, 0.29) is 12.8 Å². The zero-order valence-electron chi connectivity index (χ0n) is 20.7. The van der Waals surface area contributed by atoms with Crippen molar-refractivity contribution >= 4 is 42.3 Å². The number of likely N-dealkylation sites (tertiary alicyclic amines) is 1. The predicted molar refractivity (Wildman–Crippen MR) is 136 cm³/mol. The lowest BCUT2D eigenvalue weighted by atomic mass is 9.89. The van der Waals surface area contributed by atoms with Gasteiger partial charge in [-0.1, -0.05) is 32.5 Å². The summed E-state index contributed by atoms with van der Waals surface area (Å²) in [6.07, 6.45) is 10.9. The third-order valence-corrected chi connectivity index (χ3v) is 8.81. The Kier molecular flexibility index (Phi) is 7.56. The highest BCUT2D eigenvalue weighted by molar-refractivity contribution is 6.76. The standard InChI is InChI=1S/C24H38N6O3Si/c1-34(2,3)13-12-33-16-30-21-18(14-27-30)22(25)26-15-19(21)28-23(31)24(32)29-11-7-6-10-20(29)17-8-4-5-9-17/h14-15,17,20H,4-13,16H2,1-3H3,(H2,25,26)(H,28,31). The lowest BCUT2D eigenvalue weighted by Crippen LogP contribution is -2.50. The molecule has 0 bridgehead atoms. The molecule has 1 aliphatic carbocycles. The van der Waals surface area contributed by atoms with Gasteiger partial charge in [-0.3, -0.25) is 9.59 Å². The van der Waals surface area contributed by atoms with Crippen molar-refractivity contribution in [1.82, 2.24) is 19.7 Å². The second kappa shape index (κ2) is 10.4. The zero-order chi connectivity index (χ0) is 24.3. The Morgan fingerprint density at radius 1 is 1.15 bits per heavy atom. The van der Waals surface area contributed by atoms with Gasteiger partial charge in [-0.05, 0) is 44.1 Å². The van der Waals surface area contributed by atoms with E-state index in [0.717, 1.165) is 38.1 Å². The molecule has 0 radical (unpaired) electrons. The number of pyridine rings is 1. The molecule has 1 unspecified atom stereocenters. The van der Waals surface area contributed by atoms with E-state index in [0.29, 0.717) is 41.5 Å². The minimum Gasteiger partial charge on any atom is -0.383 e. The summed E-state index contributed by atoms with van der Waals surface area (Å²) in [7, 11) is -1.20. The molecule has 0 spiro atoms. The molecule has 1 saturated carbocycles. The predicted octanol–water partition coefficient (Wildman–Crippen LogP) is 3.84. The summed E-state index contributed by atoms with van der Waals surface area (Å²) in [4.78, 5) is 32.3. The van der Waals surface area contributed by atoms with Gasteiger partial charge in [0.15, 0.2) is 0 Å². The number of rotatable bonds is 7. The van der Waals surface area contributed by atoms with Gasteiger partial charge in [0.1, 0.15) is 12.5 Å². The number of hydrogen-bond acceptors (Lipinski definition) is 6. The van der Waals surface area contributed by atoms with E-state index in [4.69, 9.17) is 10.5 Å². The van der Waals surface area contributed by atoms with Gasteiger partial charge < -0.3 is 20.7 Å². The number of carbonyl (C=O) groups excluding carboxylic acids is 2. The van der Waals surface area contributed by atoms with Crippen molar-refractivity contribution in [2.24, 2.45) is 5.92 Å². The fourth-order valence-electron chi connectivity index (χ4n) is 5.19. The van der Waals surface area contributed by atoms with Crippen LogP contribution in [0, 0.1) is 5.92 Å². The normalized spacial score (nSPS) is 19.6. The monoisotopic (exact) mass is 486 g/mol. The molecule has 2 aromatic heterocycles. The van der Waals surface area contributed by atoms with Crippen LogP contribution < -0.4 is 11.1 Å². The molecule has 3 heterocycles. The van der Waals surface area contributed by atoms with E-state index in [1.807, 2.05) is 4.90 Å². The SMILES string of the molecule is C[Si](C)(C)CCOCn1ncc2c(N)ncc(NC(=O)C(=O)N3CCCCC3C3CCCC3)c21.